The van der Waals surface area contributed by atoms with Crippen LogP contribution in [0.5, 0.6) is 0 Å². The van der Waals surface area contributed by atoms with Gasteiger partial charge in [0.15, 0.2) is 4.96 Å². The summed E-state index contributed by atoms with van der Waals surface area (Å²) >= 11 is 1.47. The zero-order valence-corrected chi connectivity index (χ0v) is 17.0. The first-order valence-electron chi connectivity index (χ1n) is 9.71. The molecule has 1 aliphatic rings. The summed E-state index contributed by atoms with van der Waals surface area (Å²) in [5.41, 5.74) is 2.42. The van der Waals surface area contributed by atoms with E-state index in [4.69, 9.17) is 4.74 Å². The lowest BCUT2D eigenvalue weighted by atomic mass is 9.98. The molecule has 6 nitrogen and oxygen atoms in total. The van der Waals surface area contributed by atoms with Crippen LogP contribution in [0.3, 0.4) is 0 Å². The second-order valence-corrected chi connectivity index (χ2v) is 7.96. The molecule has 3 heterocycles. The van der Waals surface area contributed by atoms with Crippen molar-refractivity contribution in [2.24, 2.45) is 5.92 Å². The van der Waals surface area contributed by atoms with Crippen molar-refractivity contribution in [1.82, 2.24) is 14.3 Å². The molecule has 1 atom stereocenters. The molecule has 1 aromatic carbocycles. The van der Waals surface area contributed by atoms with E-state index in [2.05, 4.69) is 4.98 Å². The van der Waals surface area contributed by atoms with Gasteiger partial charge in [0.25, 0.3) is 0 Å². The van der Waals surface area contributed by atoms with Crippen LogP contribution in [0.25, 0.3) is 16.2 Å². The molecule has 0 spiro atoms. The van der Waals surface area contributed by atoms with Gasteiger partial charge in [0.1, 0.15) is 5.82 Å². The van der Waals surface area contributed by atoms with Crippen molar-refractivity contribution < 1.29 is 18.7 Å². The maximum Gasteiger partial charge on any atom is 0.310 e. The number of amides is 1. The van der Waals surface area contributed by atoms with E-state index in [0.717, 1.165) is 34.8 Å². The van der Waals surface area contributed by atoms with Crippen molar-refractivity contribution >= 4 is 28.2 Å². The SMILES string of the molecule is CCOC(=O)[C@H]1CCCN(C(=O)Cc2csc3nc(-c4ccc(F)cc4)cn23)C1. The Morgan fingerprint density at radius 3 is 2.86 bits per heavy atom. The fourth-order valence-corrected chi connectivity index (χ4v) is 4.51. The number of fused-ring (bicyclic) bond motifs is 1. The van der Waals surface area contributed by atoms with E-state index in [1.807, 2.05) is 16.0 Å². The van der Waals surface area contributed by atoms with Crippen LogP contribution in [-0.2, 0) is 20.7 Å². The largest absolute Gasteiger partial charge is 0.466 e. The van der Waals surface area contributed by atoms with Crippen molar-refractivity contribution in [3.63, 3.8) is 0 Å². The summed E-state index contributed by atoms with van der Waals surface area (Å²) in [5, 5.41) is 1.93. The van der Waals surface area contributed by atoms with Crippen LogP contribution in [0.2, 0.25) is 0 Å². The minimum atomic E-state index is -0.288. The Balaban J connectivity index is 1.48. The van der Waals surface area contributed by atoms with E-state index >= 15 is 0 Å². The molecule has 0 bridgehead atoms. The molecule has 3 aromatic rings. The highest BCUT2D eigenvalue weighted by Crippen LogP contribution is 2.25. The molecule has 0 N–H and O–H groups in total. The molecular formula is C21H22FN3O3S. The van der Waals surface area contributed by atoms with Crippen LogP contribution in [0.1, 0.15) is 25.5 Å². The van der Waals surface area contributed by atoms with E-state index in [-0.39, 0.29) is 30.0 Å². The van der Waals surface area contributed by atoms with Crippen LogP contribution in [0.4, 0.5) is 4.39 Å². The molecule has 1 fully saturated rings. The van der Waals surface area contributed by atoms with Gasteiger partial charge in [-0.1, -0.05) is 0 Å². The monoisotopic (exact) mass is 415 g/mol. The predicted molar refractivity (Wildman–Crippen MR) is 108 cm³/mol. The Bertz CT molecular complexity index is 1030. The third kappa shape index (κ3) is 4.17. The van der Waals surface area contributed by atoms with Crippen molar-refractivity contribution in [3.8, 4) is 11.3 Å². The van der Waals surface area contributed by atoms with Gasteiger partial charge in [0, 0.05) is 35.9 Å². The minimum absolute atomic E-state index is 0.00395. The van der Waals surface area contributed by atoms with E-state index in [9.17, 15) is 14.0 Å². The summed E-state index contributed by atoms with van der Waals surface area (Å²) in [6, 6.07) is 6.19. The molecule has 2 aromatic heterocycles. The summed E-state index contributed by atoms with van der Waals surface area (Å²) in [7, 11) is 0. The summed E-state index contributed by atoms with van der Waals surface area (Å²) in [6.45, 7) is 3.21. The first-order chi connectivity index (χ1) is 14.0. The van der Waals surface area contributed by atoms with Gasteiger partial charge in [0.05, 0.1) is 24.6 Å². The normalized spacial score (nSPS) is 16.9. The van der Waals surface area contributed by atoms with Crippen molar-refractivity contribution in [3.05, 3.63) is 47.4 Å². The highest BCUT2D eigenvalue weighted by molar-refractivity contribution is 7.15. The van der Waals surface area contributed by atoms with Crippen LogP contribution < -0.4 is 0 Å². The Morgan fingerprint density at radius 2 is 2.10 bits per heavy atom. The van der Waals surface area contributed by atoms with Crippen molar-refractivity contribution in [2.75, 3.05) is 19.7 Å². The molecule has 1 aliphatic heterocycles. The number of imidazole rings is 1. The first-order valence-corrected chi connectivity index (χ1v) is 10.6. The maximum atomic E-state index is 13.2. The van der Waals surface area contributed by atoms with Crippen molar-refractivity contribution in [1.29, 1.82) is 0 Å². The summed E-state index contributed by atoms with van der Waals surface area (Å²) < 4.78 is 20.2. The van der Waals surface area contributed by atoms with Gasteiger partial charge in [-0.25, -0.2) is 9.37 Å². The Hall–Kier alpha value is -2.74. The maximum absolute atomic E-state index is 13.2. The number of hydrogen-bond donors (Lipinski definition) is 0. The standard InChI is InChI=1S/C21H22FN3O3S/c1-2-28-20(27)15-4-3-9-24(11-15)19(26)10-17-13-29-21-23-18(12-25(17)21)14-5-7-16(22)8-6-14/h5-8,12-13,15H,2-4,9-11H2,1H3/t15-/m0/s1. The van der Waals surface area contributed by atoms with Crippen LogP contribution >= 0.6 is 11.3 Å². The van der Waals surface area contributed by atoms with Gasteiger partial charge in [-0.05, 0) is 44.0 Å². The van der Waals surface area contributed by atoms with Gasteiger partial charge < -0.3 is 9.64 Å². The lowest BCUT2D eigenvalue weighted by molar-refractivity contribution is -0.151. The Kier molecular flexibility index (Phi) is 5.62. The second-order valence-electron chi connectivity index (χ2n) is 7.12. The van der Waals surface area contributed by atoms with Gasteiger partial charge in [0.2, 0.25) is 5.91 Å². The Labute approximate surface area is 171 Å². The van der Waals surface area contributed by atoms with Gasteiger partial charge >= 0.3 is 5.97 Å². The van der Waals surface area contributed by atoms with Crippen LogP contribution in [0, 0.1) is 11.7 Å². The first kappa shape index (κ1) is 19.6. The molecule has 8 heteroatoms. The van der Waals surface area contributed by atoms with E-state index < -0.39 is 0 Å². The zero-order chi connectivity index (χ0) is 20.4. The summed E-state index contributed by atoms with van der Waals surface area (Å²) in [6.07, 6.45) is 3.68. The lowest BCUT2D eigenvalue weighted by Gasteiger charge is -2.31. The number of thiazole rings is 1. The molecule has 0 unspecified atom stereocenters. The zero-order valence-electron chi connectivity index (χ0n) is 16.1. The number of aromatic nitrogens is 2. The van der Waals surface area contributed by atoms with E-state index in [1.54, 1.807) is 24.0 Å². The third-order valence-electron chi connectivity index (χ3n) is 5.15. The molecule has 0 aliphatic carbocycles. The number of carbonyl (C=O) groups excluding carboxylic acids is 2. The fourth-order valence-electron chi connectivity index (χ4n) is 3.64. The Morgan fingerprint density at radius 1 is 1.31 bits per heavy atom. The topological polar surface area (TPSA) is 63.9 Å². The summed E-state index contributed by atoms with van der Waals surface area (Å²) in [4.78, 5) is 32.0. The smallest absolute Gasteiger partial charge is 0.310 e. The quantitative estimate of drug-likeness (QED) is 0.598. The summed E-state index contributed by atoms with van der Waals surface area (Å²) in [5.74, 6) is -0.755. The molecule has 1 saturated heterocycles. The number of benzene rings is 1. The average Bonchev–Trinajstić information content (AvgIpc) is 3.31. The molecule has 1 amide bonds. The number of ether oxygens (including phenoxy) is 1. The molecule has 0 radical (unpaired) electrons. The van der Waals surface area contributed by atoms with Crippen LogP contribution in [-0.4, -0.2) is 45.9 Å². The number of carbonyl (C=O) groups is 2. The number of likely N-dealkylation sites (tertiary alicyclic amines) is 1. The highest BCUT2D eigenvalue weighted by Gasteiger charge is 2.29. The third-order valence-corrected chi connectivity index (χ3v) is 6.04. The van der Waals surface area contributed by atoms with E-state index in [0.29, 0.717) is 19.7 Å². The molecule has 0 saturated carbocycles. The molecule has 4 rings (SSSR count). The van der Waals surface area contributed by atoms with E-state index in [1.165, 1.54) is 23.5 Å². The number of esters is 1. The number of halogens is 1. The number of piperidine rings is 1. The molecular weight excluding hydrogens is 393 g/mol. The van der Waals surface area contributed by atoms with Gasteiger partial charge in [-0.15, -0.1) is 11.3 Å². The highest BCUT2D eigenvalue weighted by atomic mass is 32.1. The number of hydrogen-bond acceptors (Lipinski definition) is 5. The van der Waals surface area contributed by atoms with Crippen LogP contribution in [0.15, 0.2) is 35.8 Å². The lowest BCUT2D eigenvalue weighted by Crippen LogP contribution is -2.43. The second kappa shape index (κ2) is 8.32. The minimum Gasteiger partial charge on any atom is -0.466 e. The van der Waals surface area contributed by atoms with Gasteiger partial charge in [-0.3, -0.25) is 14.0 Å². The molecule has 152 valence electrons. The number of rotatable bonds is 5. The average molecular weight is 415 g/mol. The fraction of sp³-hybridized carbons (Fsp3) is 0.381. The van der Waals surface area contributed by atoms with Crippen molar-refractivity contribution in [2.45, 2.75) is 26.2 Å². The predicted octanol–water partition coefficient (Wildman–Crippen LogP) is 3.55. The number of nitrogens with zero attached hydrogens (tertiary/aromatic N) is 3. The van der Waals surface area contributed by atoms with Gasteiger partial charge in [-0.2, -0.15) is 0 Å². The molecule has 29 heavy (non-hydrogen) atoms.